The minimum atomic E-state index is -0.0949. The molecule has 0 unspecified atom stereocenters. The van der Waals surface area contributed by atoms with Gasteiger partial charge in [-0.3, -0.25) is 14.7 Å². The third-order valence-corrected chi connectivity index (χ3v) is 6.61. The van der Waals surface area contributed by atoms with Crippen molar-refractivity contribution in [3.8, 4) is 0 Å². The molecule has 0 radical (unpaired) electrons. The van der Waals surface area contributed by atoms with E-state index in [4.69, 9.17) is 4.98 Å². The quantitative estimate of drug-likeness (QED) is 0.403. The van der Waals surface area contributed by atoms with E-state index in [9.17, 15) is 4.79 Å². The fraction of sp³-hybridized carbons (Fsp3) is 0.286. The zero-order chi connectivity index (χ0) is 24.4. The SMILES string of the molecule is CCc1ccc(Nc2cc(C)ncn2)cc1NC(=O)c1c2c(nc3ccccc13)CCN(CC)C2. The third kappa shape index (κ3) is 4.72. The molecule has 178 valence electrons. The first-order valence-corrected chi connectivity index (χ1v) is 12.2. The van der Waals surface area contributed by atoms with Crippen molar-refractivity contribution in [3.63, 3.8) is 0 Å². The molecule has 2 aromatic heterocycles. The van der Waals surface area contributed by atoms with Crippen molar-refractivity contribution < 1.29 is 4.79 Å². The van der Waals surface area contributed by atoms with Crippen LogP contribution in [0.1, 0.15) is 46.7 Å². The summed E-state index contributed by atoms with van der Waals surface area (Å²) in [6.07, 6.45) is 3.20. The van der Waals surface area contributed by atoms with Crippen LogP contribution in [0.15, 0.2) is 54.9 Å². The second-order valence-electron chi connectivity index (χ2n) is 8.90. The molecule has 7 heteroatoms. The summed E-state index contributed by atoms with van der Waals surface area (Å²) in [6, 6.07) is 15.9. The number of amides is 1. The minimum absolute atomic E-state index is 0.0949. The third-order valence-electron chi connectivity index (χ3n) is 6.61. The average Bonchev–Trinajstić information content (AvgIpc) is 2.87. The number of hydrogen-bond acceptors (Lipinski definition) is 6. The molecule has 5 rings (SSSR count). The van der Waals surface area contributed by atoms with E-state index < -0.39 is 0 Å². The zero-order valence-electron chi connectivity index (χ0n) is 20.4. The number of nitrogens with zero attached hydrogens (tertiary/aromatic N) is 4. The molecule has 0 bridgehead atoms. The van der Waals surface area contributed by atoms with E-state index in [0.29, 0.717) is 5.82 Å². The first kappa shape index (κ1) is 22.9. The van der Waals surface area contributed by atoms with Crippen molar-refractivity contribution in [2.45, 2.75) is 40.2 Å². The van der Waals surface area contributed by atoms with Crippen LogP contribution in [0.4, 0.5) is 17.2 Å². The van der Waals surface area contributed by atoms with Crippen LogP contribution in [0.25, 0.3) is 10.9 Å². The predicted molar refractivity (Wildman–Crippen MR) is 140 cm³/mol. The Morgan fingerprint density at radius 3 is 2.74 bits per heavy atom. The maximum atomic E-state index is 13.9. The Kier molecular flexibility index (Phi) is 6.42. The summed E-state index contributed by atoms with van der Waals surface area (Å²) in [4.78, 5) is 29.6. The number of rotatable bonds is 6. The Bertz CT molecular complexity index is 1400. The minimum Gasteiger partial charge on any atom is -0.340 e. The topological polar surface area (TPSA) is 83.0 Å². The lowest BCUT2D eigenvalue weighted by Gasteiger charge is -2.29. The molecule has 0 atom stereocenters. The number of hydrogen-bond donors (Lipinski definition) is 2. The molecule has 2 aromatic carbocycles. The zero-order valence-corrected chi connectivity index (χ0v) is 20.4. The van der Waals surface area contributed by atoms with Gasteiger partial charge in [-0.05, 0) is 43.7 Å². The molecular weight excluding hydrogens is 436 g/mol. The molecule has 0 fully saturated rings. The van der Waals surface area contributed by atoms with Crippen LogP contribution in [0.3, 0.4) is 0 Å². The molecule has 0 saturated heterocycles. The van der Waals surface area contributed by atoms with Crippen LogP contribution in [-0.4, -0.2) is 38.8 Å². The number of carbonyl (C=O) groups excluding carboxylic acids is 1. The molecule has 2 N–H and O–H groups in total. The Hall–Kier alpha value is -3.84. The predicted octanol–water partition coefficient (Wildman–Crippen LogP) is 5.27. The van der Waals surface area contributed by atoms with Crippen molar-refractivity contribution in [2.75, 3.05) is 23.7 Å². The Morgan fingerprint density at radius 2 is 1.94 bits per heavy atom. The number of para-hydroxylation sites is 1. The van der Waals surface area contributed by atoms with Gasteiger partial charge in [-0.2, -0.15) is 0 Å². The fourth-order valence-corrected chi connectivity index (χ4v) is 4.71. The van der Waals surface area contributed by atoms with Gasteiger partial charge in [0.2, 0.25) is 0 Å². The van der Waals surface area contributed by atoms with Crippen molar-refractivity contribution in [1.82, 2.24) is 19.9 Å². The molecule has 0 spiro atoms. The molecule has 35 heavy (non-hydrogen) atoms. The highest BCUT2D eigenvalue weighted by Crippen LogP contribution is 2.30. The van der Waals surface area contributed by atoms with E-state index >= 15 is 0 Å². The van der Waals surface area contributed by atoms with Crippen LogP contribution >= 0.6 is 0 Å². The van der Waals surface area contributed by atoms with Gasteiger partial charge in [0, 0.05) is 59.3 Å². The number of anilines is 3. The van der Waals surface area contributed by atoms with Gasteiger partial charge in [-0.1, -0.05) is 38.1 Å². The summed E-state index contributed by atoms with van der Waals surface area (Å²) >= 11 is 0. The summed E-state index contributed by atoms with van der Waals surface area (Å²) in [6.45, 7) is 8.83. The molecule has 0 saturated carbocycles. The van der Waals surface area contributed by atoms with Gasteiger partial charge >= 0.3 is 0 Å². The smallest absolute Gasteiger partial charge is 0.256 e. The van der Waals surface area contributed by atoms with Crippen LogP contribution in [0, 0.1) is 6.92 Å². The standard InChI is InChI=1S/C28H30N6O/c1-4-19-10-11-20(31-26-14-18(3)29-17-30-26)15-25(19)33-28(35)27-21-8-6-7-9-23(21)32-24-12-13-34(5-2)16-22(24)27/h6-11,14-15,17H,4-5,12-13,16H2,1-3H3,(H,33,35)(H,29,30,31). The highest BCUT2D eigenvalue weighted by molar-refractivity contribution is 6.14. The summed E-state index contributed by atoms with van der Waals surface area (Å²) in [5.74, 6) is 0.621. The van der Waals surface area contributed by atoms with Gasteiger partial charge in [-0.15, -0.1) is 0 Å². The maximum absolute atomic E-state index is 13.9. The second kappa shape index (κ2) is 9.80. The van der Waals surface area contributed by atoms with E-state index in [0.717, 1.165) is 82.8 Å². The van der Waals surface area contributed by atoms with Crippen LogP contribution in [0.2, 0.25) is 0 Å². The monoisotopic (exact) mass is 466 g/mol. The van der Waals surface area contributed by atoms with Crippen molar-refractivity contribution in [2.24, 2.45) is 0 Å². The lowest BCUT2D eigenvalue weighted by atomic mass is 9.95. The Labute approximate surface area is 205 Å². The summed E-state index contributed by atoms with van der Waals surface area (Å²) in [5.41, 5.74) is 7.28. The van der Waals surface area contributed by atoms with Gasteiger partial charge in [0.15, 0.2) is 0 Å². The number of pyridine rings is 1. The lowest BCUT2D eigenvalue weighted by Crippen LogP contribution is -2.33. The van der Waals surface area contributed by atoms with E-state index in [-0.39, 0.29) is 5.91 Å². The molecule has 0 aliphatic carbocycles. The highest BCUT2D eigenvalue weighted by Gasteiger charge is 2.25. The van der Waals surface area contributed by atoms with Crippen molar-refractivity contribution in [1.29, 1.82) is 0 Å². The first-order valence-electron chi connectivity index (χ1n) is 12.2. The first-order chi connectivity index (χ1) is 17.1. The van der Waals surface area contributed by atoms with Crippen LogP contribution in [0.5, 0.6) is 0 Å². The number of fused-ring (bicyclic) bond motifs is 2. The fourth-order valence-electron chi connectivity index (χ4n) is 4.71. The Balaban J connectivity index is 1.52. The highest BCUT2D eigenvalue weighted by atomic mass is 16.1. The van der Waals surface area contributed by atoms with Crippen LogP contribution in [-0.2, 0) is 19.4 Å². The van der Waals surface area contributed by atoms with Gasteiger partial charge in [0.1, 0.15) is 12.1 Å². The van der Waals surface area contributed by atoms with Gasteiger partial charge < -0.3 is 10.6 Å². The lowest BCUT2D eigenvalue weighted by molar-refractivity contribution is 0.102. The Morgan fingerprint density at radius 1 is 1.09 bits per heavy atom. The molecule has 7 nitrogen and oxygen atoms in total. The van der Waals surface area contributed by atoms with E-state index in [1.54, 1.807) is 0 Å². The number of likely N-dealkylation sites (N-methyl/N-ethyl adjacent to an activating group) is 1. The number of aromatic nitrogens is 3. The van der Waals surface area contributed by atoms with Crippen molar-refractivity contribution in [3.05, 3.63) is 82.9 Å². The number of benzene rings is 2. The number of carbonyl (C=O) groups is 1. The molecule has 1 amide bonds. The van der Waals surface area contributed by atoms with E-state index in [2.05, 4.69) is 39.3 Å². The molecule has 4 aromatic rings. The molecule has 3 heterocycles. The largest absolute Gasteiger partial charge is 0.340 e. The summed E-state index contributed by atoms with van der Waals surface area (Å²) < 4.78 is 0. The van der Waals surface area contributed by atoms with Gasteiger partial charge in [0.05, 0.1) is 11.1 Å². The van der Waals surface area contributed by atoms with Crippen LogP contribution < -0.4 is 10.6 Å². The molecular formula is C28H30N6O. The number of aryl methyl sites for hydroxylation is 2. The summed E-state index contributed by atoms with van der Waals surface area (Å²) in [5, 5.41) is 7.45. The van der Waals surface area contributed by atoms with Crippen molar-refractivity contribution >= 4 is 34.0 Å². The normalized spacial score (nSPS) is 13.5. The molecule has 1 aliphatic rings. The number of nitrogens with one attached hydrogen (secondary N) is 2. The summed E-state index contributed by atoms with van der Waals surface area (Å²) in [7, 11) is 0. The second-order valence-corrected chi connectivity index (χ2v) is 8.90. The molecule has 1 aliphatic heterocycles. The maximum Gasteiger partial charge on any atom is 0.256 e. The van der Waals surface area contributed by atoms with Gasteiger partial charge in [-0.25, -0.2) is 9.97 Å². The van der Waals surface area contributed by atoms with E-state index in [1.807, 2.05) is 55.5 Å². The van der Waals surface area contributed by atoms with Gasteiger partial charge in [0.25, 0.3) is 5.91 Å². The average molecular weight is 467 g/mol. The van der Waals surface area contributed by atoms with E-state index in [1.165, 1.54) is 6.33 Å².